The standard InChI is InChI=1S/C23H27N3O3/c1-15-14-25(19-11-7-8-12-20(19)26(15)16(2)27)23(28)21-13-22(29-4)17-9-5-6-10-18(17)24(21)3/h5-12,15,21-22H,13-14H2,1-4H3/t15-,21?,22?/m0/s1. The van der Waals surface area contributed by atoms with Gasteiger partial charge in [0.25, 0.3) is 0 Å². The van der Waals surface area contributed by atoms with Gasteiger partial charge in [-0.2, -0.15) is 0 Å². The smallest absolute Gasteiger partial charge is 0.249 e. The maximum Gasteiger partial charge on any atom is 0.249 e. The summed E-state index contributed by atoms with van der Waals surface area (Å²) in [5, 5.41) is 0. The van der Waals surface area contributed by atoms with Gasteiger partial charge in [0, 0.05) is 45.3 Å². The molecule has 0 spiro atoms. The second-order valence-electron chi connectivity index (χ2n) is 7.82. The van der Waals surface area contributed by atoms with E-state index in [1.54, 1.807) is 18.9 Å². The molecule has 0 aliphatic carbocycles. The third kappa shape index (κ3) is 3.17. The van der Waals surface area contributed by atoms with E-state index in [0.29, 0.717) is 13.0 Å². The molecule has 2 aliphatic rings. The molecule has 4 rings (SSSR count). The van der Waals surface area contributed by atoms with Gasteiger partial charge in [0.05, 0.1) is 23.5 Å². The van der Waals surface area contributed by atoms with Gasteiger partial charge in [-0.1, -0.05) is 30.3 Å². The number of amides is 2. The summed E-state index contributed by atoms with van der Waals surface area (Å²) in [5.41, 5.74) is 3.70. The number of methoxy groups -OCH3 is 1. The predicted octanol–water partition coefficient (Wildman–Crippen LogP) is 3.37. The summed E-state index contributed by atoms with van der Waals surface area (Å²) < 4.78 is 5.72. The van der Waals surface area contributed by atoms with Crippen LogP contribution >= 0.6 is 0 Å². The zero-order valence-electron chi connectivity index (χ0n) is 17.3. The van der Waals surface area contributed by atoms with E-state index >= 15 is 0 Å². The maximum atomic E-state index is 13.7. The zero-order chi connectivity index (χ0) is 20.7. The Balaban J connectivity index is 1.71. The molecular formula is C23H27N3O3. The number of fused-ring (bicyclic) bond motifs is 2. The highest BCUT2D eigenvalue weighted by Gasteiger charge is 2.40. The SMILES string of the molecule is COC1CC(C(=O)N2C[C@H](C)N(C(C)=O)c3ccccc32)N(C)c2ccccc21. The molecule has 0 bridgehead atoms. The summed E-state index contributed by atoms with van der Waals surface area (Å²) in [6, 6.07) is 15.3. The highest BCUT2D eigenvalue weighted by Crippen LogP contribution is 2.41. The van der Waals surface area contributed by atoms with Crippen LogP contribution in [0.3, 0.4) is 0 Å². The minimum Gasteiger partial charge on any atom is -0.377 e. The molecule has 2 unspecified atom stereocenters. The molecular weight excluding hydrogens is 366 g/mol. The van der Waals surface area contributed by atoms with Crippen LogP contribution in [-0.4, -0.2) is 44.6 Å². The van der Waals surface area contributed by atoms with Crippen LogP contribution < -0.4 is 14.7 Å². The molecule has 2 aromatic rings. The lowest BCUT2D eigenvalue weighted by atomic mass is 9.92. The molecule has 0 saturated heterocycles. The van der Waals surface area contributed by atoms with E-state index in [0.717, 1.165) is 22.6 Å². The normalized spacial score (nSPS) is 23.4. The summed E-state index contributed by atoms with van der Waals surface area (Å²) in [6.07, 6.45) is 0.467. The average molecular weight is 393 g/mol. The number of carbonyl (C=O) groups is 2. The molecule has 3 atom stereocenters. The van der Waals surface area contributed by atoms with Crippen molar-refractivity contribution in [2.24, 2.45) is 0 Å². The molecule has 6 nitrogen and oxygen atoms in total. The third-order valence-corrected chi connectivity index (χ3v) is 6.06. The number of ether oxygens (including phenoxy) is 1. The van der Waals surface area contributed by atoms with E-state index in [1.165, 1.54) is 0 Å². The van der Waals surface area contributed by atoms with Crippen LogP contribution in [0.2, 0.25) is 0 Å². The van der Waals surface area contributed by atoms with Crippen molar-refractivity contribution >= 4 is 28.9 Å². The number of hydrogen-bond acceptors (Lipinski definition) is 4. The second-order valence-corrected chi connectivity index (χ2v) is 7.82. The number of benzene rings is 2. The van der Waals surface area contributed by atoms with Crippen molar-refractivity contribution in [2.45, 2.75) is 38.5 Å². The molecule has 0 saturated carbocycles. The minimum atomic E-state index is -0.334. The van der Waals surface area contributed by atoms with Crippen LogP contribution in [0.25, 0.3) is 0 Å². The first-order chi connectivity index (χ1) is 13.9. The Hall–Kier alpha value is -2.86. The van der Waals surface area contributed by atoms with Gasteiger partial charge in [0.1, 0.15) is 6.04 Å². The fourth-order valence-electron chi connectivity index (χ4n) is 4.67. The minimum absolute atomic E-state index is 0.0137. The quantitative estimate of drug-likeness (QED) is 0.785. The lowest BCUT2D eigenvalue weighted by molar-refractivity contribution is -0.121. The molecule has 0 N–H and O–H groups in total. The Bertz CT molecular complexity index is 944. The summed E-state index contributed by atoms with van der Waals surface area (Å²) in [7, 11) is 3.66. The van der Waals surface area contributed by atoms with Gasteiger partial charge in [-0.05, 0) is 25.1 Å². The third-order valence-electron chi connectivity index (χ3n) is 6.06. The number of hydrogen-bond donors (Lipinski definition) is 0. The molecule has 2 heterocycles. The van der Waals surface area contributed by atoms with Gasteiger partial charge in [0.15, 0.2) is 0 Å². The topological polar surface area (TPSA) is 53.1 Å². The molecule has 0 fully saturated rings. The molecule has 0 aromatic heterocycles. The zero-order valence-corrected chi connectivity index (χ0v) is 17.3. The summed E-state index contributed by atoms with van der Waals surface area (Å²) in [5.74, 6) is 0.0202. The summed E-state index contributed by atoms with van der Waals surface area (Å²) in [6.45, 7) is 4.02. The Morgan fingerprint density at radius 3 is 2.28 bits per heavy atom. The van der Waals surface area contributed by atoms with E-state index in [1.807, 2.05) is 61.3 Å². The number of likely N-dealkylation sites (N-methyl/N-ethyl adjacent to an activating group) is 1. The van der Waals surface area contributed by atoms with E-state index in [9.17, 15) is 9.59 Å². The molecule has 2 amide bonds. The molecule has 152 valence electrons. The number of rotatable bonds is 2. The largest absolute Gasteiger partial charge is 0.377 e. The van der Waals surface area contributed by atoms with E-state index < -0.39 is 0 Å². The van der Waals surface area contributed by atoms with Gasteiger partial charge in [-0.15, -0.1) is 0 Å². The van der Waals surface area contributed by atoms with Gasteiger partial charge in [-0.25, -0.2) is 0 Å². The Kier molecular flexibility index (Phi) is 5.04. The Morgan fingerprint density at radius 1 is 1.00 bits per heavy atom. The van der Waals surface area contributed by atoms with Crippen LogP contribution in [0.5, 0.6) is 0 Å². The molecule has 2 aliphatic heterocycles. The van der Waals surface area contributed by atoms with Crippen molar-refractivity contribution in [1.29, 1.82) is 0 Å². The number of carbonyl (C=O) groups excluding carboxylic acids is 2. The first-order valence-electron chi connectivity index (χ1n) is 9.98. The fraction of sp³-hybridized carbons (Fsp3) is 0.391. The van der Waals surface area contributed by atoms with Crippen molar-refractivity contribution < 1.29 is 14.3 Å². The van der Waals surface area contributed by atoms with Crippen molar-refractivity contribution in [3.05, 3.63) is 54.1 Å². The van der Waals surface area contributed by atoms with Gasteiger partial charge >= 0.3 is 0 Å². The summed E-state index contributed by atoms with van der Waals surface area (Å²) >= 11 is 0. The van der Waals surface area contributed by atoms with Crippen molar-refractivity contribution in [2.75, 3.05) is 35.4 Å². The summed E-state index contributed by atoms with van der Waals surface area (Å²) in [4.78, 5) is 31.6. The number of anilines is 3. The molecule has 0 radical (unpaired) electrons. The van der Waals surface area contributed by atoms with Crippen LogP contribution in [0.4, 0.5) is 17.1 Å². The maximum absolute atomic E-state index is 13.7. The molecule has 6 heteroatoms. The fourth-order valence-corrected chi connectivity index (χ4v) is 4.67. The van der Waals surface area contributed by atoms with Crippen LogP contribution in [0.1, 0.15) is 31.9 Å². The van der Waals surface area contributed by atoms with E-state index in [-0.39, 0.29) is 30.0 Å². The van der Waals surface area contributed by atoms with Crippen molar-refractivity contribution in [3.8, 4) is 0 Å². The first kappa shape index (κ1) is 19.5. The first-order valence-corrected chi connectivity index (χ1v) is 9.98. The van der Waals surface area contributed by atoms with Crippen molar-refractivity contribution in [1.82, 2.24) is 0 Å². The van der Waals surface area contributed by atoms with E-state index in [2.05, 4.69) is 11.0 Å². The Labute approximate surface area is 171 Å². The highest BCUT2D eigenvalue weighted by molar-refractivity contribution is 6.06. The van der Waals surface area contributed by atoms with Gasteiger partial charge < -0.3 is 19.4 Å². The lowest BCUT2D eigenvalue weighted by Crippen LogP contribution is -2.57. The monoisotopic (exact) mass is 393 g/mol. The molecule has 29 heavy (non-hydrogen) atoms. The second kappa shape index (κ2) is 7.52. The molecule has 2 aromatic carbocycles. The average Bonchev–Trinajstić information content (AvgIpc) is 2.73. The van der Waals surface area contributed by atoms with Gasteiger partial charge in [-0.3, -0.25) is 9.59 Å². The number of nitrogens with zero attached hydrogens (tertiary/aromatic N) is 3. The van der Waals surface area contributed by atoms with Crippen LogP contribution in [-0.2, 0) is 14.3 Å². The predicted molar refractivity (Wildman–Crippen MR) is 114 cm³/mol. The van der Waals surface area contributed by atoms with Crippen LogP contribution in [0, 0.1) is 0 Å². The van der Waals surface area contributed by atoms with Crippen LogP contribution in [0.15, 0.2) is 48.5 Å². The van der Waals surface area contributed by atoms with Crippen molar-refractivity contribution in [3.63, 3.8) is 0 Å². The lowest BCUT2D eigenvalue weighted by Gasteiger charge is -2.45. The number of para-hydroxylation sites is 3. The Morgan fingerprint density at radius 2 is 1.62 bits per heavy atom. The highest BCUT2D eigenvalue weighted by atomic mass is 16.5. The van der Waals surface area contributed by atoms with E-state index in [4.69, 9.17) is 4.74 Å². The van der Waals surface area contributed by atoms with Gasteiger partial charge in [0.2, 0.25) is 11.8 Å².